The maximum absolute atomic E-state index is 14.1. The monoisotopic (exact) mass is 408 g/mol. The highest BCUT2D eigenvalue weighted by Gasteiger charge is 2.59. The molecule has 1 saturated heterocycles. The van der Waals surface area contributed by atoms with E-state index in [-0.39, 0.29) is 12.5 Å². The summed E-state index contributed by atoms with van der Waals surface area (Å²) in [6.45, 7) is 2.89. The SMILES string of the molecule is C[C@@]1(C(F)(F)F)Cn2c(nc(N3CCOCC3)cc2=O)N1CCc1ccccc1. The van der Waals surface area contributed by atoms with E-state index in [1.807, 2.05) is 35.2 Å². The fraction of sp³-hybridized carbons (Fsp3) is 0.500. The Morgan fingerprint density at radius 3 is 2.52 bits per heavy atom. The number of hydrogen-bond acceptors (Lipinski definition) is 5. The molecule has 3 heterocycles. The fourth-order valence-electron chi connectivity index (χ4n) is 3.88. The van der Waals surface area contributed by atoms with E-state index in [1.54, 1.807) is 0 Å². The minimum absolute atomic E-state index is 0.0785. The highest BCUT2D eigenvalue weighted by molar-refractivity contribution is 5.50. The largest absolute Gasteiger partial charge is 0.413 e. The summed E-state index contributed by atoms with van der Waals surface area (Å²) in [4.78, 5) is 20.3. The van der Waals surface area contributed by atoms with Gasteiger partial charge in [-0.15, -0.1) is 0 Å². The van der Waals surface area contributed by atoms with Gasteiger partial charge in [-0.1, -0.05) is 30.3 Å². The Bertz CT molecular complexity index is 926. The van der Waals surface area contributed by atoms with Crippen LogP contribution >= 0.6 is 0 Å². The summed E-state index contributed by atoms with van der Waals surface area (Å²) in [7, 11) is 0. The first-order chi connectivity index (χ1) is 13.8. The van der Waals surface area contributed by atoms with Crippen LogP contribution in [0.4, 0.5) is 24.9 Å². The van der Waals surface area contributed by atoms with Crippen molar-refractivity contribution in [3.05, 3.63) is 52.3 Å². The number of fused-ring (bicyclic) bond motifs is 1. The second-order valence-corrected chi connectivity index (χ2v) is 7.60. The Morgan fingerprint density at radius 2 is 1.86 bits per heavy atom. The summed E-state index contributed by atoms with van der Waals surface area (Å²) in [6, 6.07) is 10.7. The second kappa shape index (κ2) is 7.37. The molecule has 9 heteroatoms. The van der Waals surface area contributed by atoms with Crippen LogP contribution in [0.2, 0.25) is 0 Å². The zero-order valence-electron chi connectivity index (χ0n) is 16.2. The van der Waals surface area contributed by atoms with Gasteiger partial charge >= 0.3 is 6.18 Å². The molecule has 0 saturated carbocycles. The number of aromatic nitrogens is 2. The standard InChI is InChI=1S/C20H23F3N4O2/c1-19(20(21,22)23)14-26-17(28)13-16(25-9-11-29-12-10-25)24-18(26)27(19)8-7-15-5-3-2-4-6-15/h2-6,13H,7-12,14H2,1H3/t19-/m0/s1. The van der Waals surface area contributed by atoms with Crippen molar-refractivity contribution in [2.24, 2.45) is 0 Å². The van der Waals surface area contributed by atoms with Crippen molar-refractivity contribution in [3.8, 4) is 0 Å². The average Bonchev–Trinajstić information content (AvgIpc) is 3.01. The molecule has 0 N–H and O–H groups in total. The normalized spacial score (nSPS) is 22.1. The van der Waals surface area contributed by atoms with Crippen molar-refractivity contribution in [3.63, 3.8) is 0 Å². The minimum Gasteiger partial charge on any atom is -0.378 e. The summed E-state index contributed by atoms with van der Waals surface area (Å²) >= 11 is 0. The second-order valence-electron chi connectivity index (χ2n) is 7.60. The van der Waals surface area contributed by atoms with Crippen LogP contribution < -0.4 is 15.4 Å². The molecule has 6 nitrogen and oxygen atoms in total. The van der Waals surface area contributed by atoms with E-state index >= 15 is 0 Å². The van der Waals surface area contributed by atoms with E-state index < -0.39 is 23.8 Å². The fourth-order valence-corrected chi connectivity index (χ4v) is 3.88. The molecule has 0 aliphatic carbocycles. The van der Waals surface area contributed by atoms with Gasteiger partial charge in [-0.25, -0.2) is 0 Å². The van der Waals surface area contributed by atoms with Crippen LogP contribution in [0.3, 0.4) is 0 Å². The molecule has 0 spiro atoms. The average molecular weight is 408 g/mol. The molecule has 1 aromatic heterocycles. The van der Waals surface area contributed by atoms with Gasteiger partial charge in [0.2, 0.25) is 5.95 Å². The Kier molecular flexibility index (Phi) is 5.02. The number of rotatable bonds is 4. The quantitative estimate of drug-likeness (QED) is 0.778. The van der Waals surface area contributed by atoms with Crippen molar-refractivity contribution >= 4 is 11.8 Å². The predicted octanol–water partition coefficient (Wildman–Crippen LogP) is 2.46. The van der Waals surface area contributed by atoms with E-state index in [0.29, 0.717) is 38.5 Å². The third kappa shape index (κ3) is 3.59. The minimum atomic E-state index is -4.51. The van der Waals surface area contributed by atoms with Crippen LogP contribution in [0.15, 0.2) is 41.2 Å². The lowest BCUT2D eigenvalue weighted by Crippen LogP contribution is -2.56. The van der Waals surface area contributed by atoms with Crippen molar-refractivity contribution in [2.75, 3.05) is 42.6 Å². The summed E-state index contributed by atoms with van der Waals surface area (Å²) in [5.74, 6) is 0.482. The number of halogens is 3. The lowest BCUT2D eigenvalue weighted by molar-refractivity contribution is -0.182. The number of morpholine rings is 1. The van der Waals surface area contributed by atoms with Crippen LogP contribution in [-0.4, -0.2) is 54.1 Å². The molecule has 156 valence electrons. The summed E-state index contributed by atoms with van der Waals surface area (Å²) in [5.41, 5.74) is -1.72. The molecule has 1 atom stereocenters. The molecule has 0 unspecified atom stereocenters. The van der Waals surface area contributed by atoms with Gasteiger partial charge in [0.25, 0.3) is 5.56 Å². The predicted molar refractivity (Wildman–Crippen MR) is 103 cm³/mol. The molecule has 29 heavy (non-hydrogen) atoms. The highest BCUT2D eigenvalue weighted by Crippen LogP contribution is 2.43. The number of ether oxygens (including phenoxy) is 1. The van der Waals surface area contributed by atoms with Gasteiger partial charge in [0.05, 0.1) is 19.8 Å². The van der Waals surface area contributed by atoms with Gasteiger partial charge in [-0.3, -0.25) is 9.36 Å². The van der Waals surface area contributed by atoms with Crippen LogP contribution in [0.1, 0.15) is 12.5 Å². The number of alkyl halides is 3. The molecule has 4 rings (SSSR count). The first-order valence-corrected chi connectivity index (χ1v) is 9.62. The summed E-state index contributed by atoms with van der Waals surface area (Å²) < 4.78 is 48.6. The van der Waals surface area contributed by atoms with Crippen molar-refractivity contribution < 1.29 is 17.9 Å². The lowest BCUT2D eigenvalue weighted by atomic mass is 10.00. The van der Waals surface area contributed by atoms with Crippen molar-refractivity contribution in [1.29, 1.82) is 0 Å². The molecule has 1 fully saturated rings. The van der Waals surface area contributed by atoms with Crippen LogP contribution in [0, 0.1) is 0 Å². The first kappa shape index (κ1) is 19.8. The molecule has 0 amide bonds. The smallest absolute Gasteiger partial charge is 0.378 e. The van der Waals surface area contributed by atoms with E-state index in [4.69, 9.17) is 4.74 Å². The third-order valence-corrected chi connectivity index (χ3v) is 5.69. The maximum atomic E-state index is 14.1. The van der Waals surface area contributed by atoms with Crippen molar-refractivity contribution in [1.82, 2.24) is 9.55 Å². The number of hydrogen-bond donors (Lipinski definition) is 0. The zero-order valence-corrected chi connectivity index (χ0v) is 16.2. The molecule has 2 aliphatic heterocycles. The van der Waals surface area contributed by atoms with E-state index in [0.717, 1.165) is 17.1 Å². The molecular weight excluding hydrogens is 385 g/mol. The van der Waals surface area contributed by atoms with E-state index in [2.05, 4.69) is 4.98 Å². The van der Waals surface area contributed by atoms with Gasteiger partial charge < -0.3 is 14.5 Å². The van der Waals surface area contributed by atoms with Gasteiger partial charge in [-0.05, 0) is 18.9 Å². The topological polar surface area (TPSA) is 50.6 Å². The highest BCUT2D eigenvalue weighted by atomic mass is 19.4. The summed E-state index contributed by atoms with van der Waals surface area (Å²) in [6.07, 6.45) is -4.09. The Hall–Kier alpha value is -2.55. The molecule has 2 aromatic rings. The maximum Gasteiger partial charge on any atom is 0.413 e. The molecule has 0 radical (unpaired) electrons. The Morgan fingerprint density at radius 1 is 1.17 bits per heavy atom. The number of benzene rings is 1. The van der Waals surface area contributed by atoms with Crippen LogP contribution in [-0.2, 0) is 17.7 Å². The first-order valence-electron chi connectivity index (χ1n) is 9.62. The number of nitrogens with zero attached hydrogens (tertiary/aromatic N) is 4. The molecule has 1 aromatic carbocycles. The van der Waals surface area contributed by atoms with Gasteiger partial charge in [0.15, 0.2) is 5.54 Å². The third-order valence-electron chi connectivity index (χ3n) is 5.69. The Labute approximate surface area is 166 Å². The molecular formula is C20H23F3N4O2. The van der Waals surface area contributed by atoms with Gasteiger partial charge in [-0.2, -0.15) is 18.2 Å². The van der Waals surface area contributed by atoms with Crippen LogP contribution in [0.25, 0.3) is 0 Å². The molecule has 0 bridgehead atoms. The van der Waals surface area contributed by atoms with Gasteiger partial charge in [0, 0.05) is 25.7 Å². The van der Waals surface area contributed by atoms with Gasteiger partial charge in [0.1, 0.15) is 5.82 Å². The Balaban J connectivity index is 1.72. The van der Waals surface area contributed by atoms with Crippen LogP contribution in [0.5, 0.6) is 0 Å². The zero-order chi connectivity index (χ0) is 20.6. The van der Waals surface area contributed by atoms with E-state index in [9.17, 15) is 18.0 Å². The summed E-state index contributed by atoms with van der Waals surface area (Å²) in [5, 5.41) is 0. The van der Waals surface area contributed by atoms with Crippen molar-refractivity contribution in [2.45, 2.75) is 31.6 Å². The number of anilines is 2. The molecule has 2 aliphatic rings. The van der Waals surface area contributed by atoms with E-state index in [1.165, 1.54) is 11.0 Å². The lowest BCUT2D eigenvalue weighted by Gasteiger charge is -2.37.